The van der Waals surface area contributed by atoms with Crippen LogP contribution in [0.15, 0.2) is 18.2 Å². The van der Waals surface area contributed by atoms with Crippen LogP contribution in [0.4, 0.5) is 4.79 Å². The number of hydrogen-bond acceptors (Lipinski definition) is 1. The third-order valence-electron chi connectivity index (χ3n) is 2.88. The van der Waals surface area contributed by atoms with E-state index in [1.54, 1.807) is 7.05 Å². The Morgan fingerprint density at radius 2 is 1.94 bits per heavy atom. The monoisotopic (exact) mass is 234 g/mol. The van der Waals surface area contributed by atoms with Gasteiger partial charge in [-0.3, -0.25) is 0 Å². The molecular formula is C14H22N2O. The van der Waals surface area contributed by atoms with E-state index < -0.39 is 0 Å². The van der Waals surface area contributed by atoms with Crippen LogP contribution in [0.5, 0.6) is 0 Å². The van der Waals surface area contributed by atoms with Crippen molar-refractivity contribution in [2.24, 2.45) is 0 Å². The minimum atomic E-state index is -0.149. The Labute approximate surface area is 104 Å². The topological polar surface area (TPSA) is 41.1 Å². The molecule has 0 aromatic heterocycles. The predicted octanol–water partition coefficient (Wildman–Crippen LogP) is 2.72. The van der Waals surface area contributed by atoms with Crippen LogP contribution in [-0.2, 0) is 12.0 Å². The first kappa shape index (κ1) is 13.6. The second kappa shape index (κ2) is 5.21. The average molecular weight is 234 g/mol. The maximum absolute atomic E-state index is 11.1. The van der Waals surface area contributed by atoms with Gasteiger partial charge in [-0.05, 0) is 29.0 Å². The summed E-state index contributed by atoms with van der Waals surface area (Å²) in [6, 6.07) is 6.27. The summed E-state index contributed by atoms with van der Waals surface area (Å²) in [7, 11) is 1.62. The highest BCUT2D eigenvalue weighted by atomic mass is 16.2. The number of aryl methyl sites for hydroxylation is 1. The zero-order valence-corrected chi connectivity index (χ0v) is 11.3. The van der Waals surface area contributed by atoms with E-state index in [0.29, 0.717) is 6.54 Å². The number of rotatable bonds is 2. The highest BCUT2D eigenvalue weighted by Gasteiger charge is 2.14. The summed E-state index contributed by atoms with van der Waals surface area (Å²) in [6.45, 7) is 9.24. The number of urea groups is 1. The molecular weight excluding hydrogens is 212 g/mol. The molecule has 0 bridgehead atoms. The SMILES string of the molecule is CNC(=O)NCc1ccc(C(C)(C)C)cc1C. The van der Waals surface area contributed by atoms with Crippen LogP contribution < -0.4 is 10.6 Å². The first-order chi connectivity index (χ1) is 7.84. The molecule has 0 aliphatic rings. The van der Waals surface area contributed by atoms with Gasteiger partial charge in [-0.25, -0.2) is 4.79 Å². The van der Waals surface area contributed by atoms with Crippen molar-refractivity contribution >= 4 is 6.03 Å². The van der Waals surface area contributed by atoms with E-state index in [9.17, 15) is 4.79 Å². The van der Waals surface area contributed by atoms with Crippen molar-refractivity contribution in [3.63, 3.8) is 0 Å². The van der Waals surface area contributed by atoms with Gasteiger partial charge < -0.3 is 10.6 Å². The average Bonchev–Trinajstić information content (AvgIpc) is 2.25. The van der Waals surface area contributed by atoms with E-state index in [0.717, 1.165) is 5.56 Å². The first-order valence-corrected chi connectivity index (χ1v) is 5.90. The van der Waals surface area contributed by atoms with Gasteiger partial charge in [-0.1, -0.05) is 39.0 Å². The Bertz CT molecular complexity index is 405. The summed E-state index contributed by atoms with van der Waals surface area (Å²) in [5.41, 5.74) is 3.85. The summed E-state index contributed by atoms with van der Waals surface area (Å²) in [5, 5.41) is 5.34. The Morgan fingerprint density at radius 3 is 2.41 bits per heavy atom. The highest BCUT2D eigenvalue weighted by molar-refractivity contribution is 5.73. The fourth-order valence-corrected chi connectivity index (χ4v) is 1.62. The molecule has 0 heterocycles. The van der Waals surface area contributed by atoms with Crippen LogP contribution in [0.25, 0.3) is 0 Å². The van der Waals surface area contributed by atoms with Gasteiger partial charge in [-0.15, -0.1) is 0 Å². The van der Waals surface area contributed by atoms with Gasteiger partial charge >= 0.3 is 6.03 Å². The molecule has 0 atom stereocenters. The molecule has 1 rings (SSSR count). The van der Waals surface area contributed by atoms with Crippen molar-refractivity contribution in [1.29, 1.82) is 0 Å². The van der Waals surface area contributed by atoms with E-state index in [1.807, 2.05) is 0 Å². The molecule has 0 saturated heterocycles. The third-order valence-corrected chi connectivity index (χ3v) is 2.88. The first-order valence-electron chi connectivity index (χ1n) is 5.90. The molecule has 1 aromatic carbocycles. The van der Waals surface area contributed by atoms with Crippen molar-refractivity contribution < 1.29 is 4.79 Å². The number of amides is 2. The Kier molecular flexibility index (Phi) is 4.16. The zero-order chi connectivity index (χ0) is 13.1. The van der Waals surface area contributed by atoms with Crippen LogP contribution in [0.2, 0.25) is 0 Å². The maximum atomic E-state index is 11.1. The molecule has 17 heavy (non-hydrogen) atoms. The Balaban J connectivity index is 2.80. The number of nitrogens with one attached hydrogen (secondary N) is 2. The molecule has 0 fully saturated rings. The van der Waals surface area contributed by atoms with Gasteiger partial charge in [-0.2, -0.15) is 0 Å². The van der Waals surface area contributed by atoms with Crippen molar-refractivity contribution in [2.45, 2.75) is 39.7 Å². The molecule has 3 nitrogen and oxygen atoms in total. The van der Waals surface area contributed by atoms with Gasteiger partial charge in [0, 0.05) is 13.6 Å². The molecule has 94 valence electrons. The molecule has 0 aliphatic carbocycles. The minimum absolute atomic E-state index is 0.149. The Hall–Kier alpha value is -1.51. The van der Waals surface area contributed by atoms with Gasteiger partial charge in [0.15, 0.2) is 0 Å². The van der Waals surface area contributed by atoms with Crippen molar-refractivity contribution in [1.82, 2.24) is 10.6 Å². The zero-order valence-electron chi connectivity index (χ0n) is 11.3. The van der Waals surface area contributed by atoms with Gasteiger partial charge in [0.25, 0.3) is 0 Å². The molecule has 3 heteroatoms. The summed E-state index contributed by atoms with van der Waals surface area (Å²) in [4.78, 5) is 11.1. The third kappa shape index (κ3) is 3.77. The normalized spacial score (nSPS) is 11.1. The largest absolute Gasteiger partial charge is 0.341 e. The molecule has 2 amide bonds. The molecule has 0 unspecified atom stereocenters. The summed E-state index contributed by atoms with van der Waals surface area (Å²) >= 11 is 0. The van der Waals surface area contributed by atoms with E-state index in [4.69, 9.17) is 0 Å². The predicted molar refractivity (Wildman–Crippen MR) is 71.2 cm³/mol. The lowest BCUT2D eigenvalue weighted by Crippen LogP contribution is -2.32. The van der Waals surface area contributed by atoms with Crippen LogP contribution in [0, 0.1) is 6.92 Å². The lowest BCUT2D eigenvalue weighted by atomic mass is 9.85. The lowest BCUT2D eigenvalue weighted by Gasteiger charge is -2.20. The molecule has 0 aliphatic heterocycles. The standard InChI is InChI=1S/C14H22N2O/c1-10-8-12(14(2,3)4)7-6-11(10)9-16-13(17)15-5/h6-8H,9H2,1-5H3,(H2,15,16,17). The van der Waals surface area contributed by atoms with Gasteiger partial charge in [0.2, 0.25) is 0 Å². The second-order valence-corrected chi connectivity index (χ2v) is 5.32. The molecule has 0 radical (unpaired) electrons. The van der Waals surface area contributed by atoms with Crippen LogP contribution in [-0.4, -0.2) is 13.1 Å². The van der Waals surface area contributed by atoms with E-state index >= 15 is 0 Å². The van der Waals surface area contributed by atoms with E-state index in [2.05, 4.69) is 56.5 Å². The van der Waals surface area contributed by atoms with Crippen LogP contribution in [0.3, 0.4) is 0 Å². The summed E-state index contributed by atoms with van der Waals surface area (Å²) in [6.07, 6.45) is 0. The number of benzene rings is 1. The van der Waals surface area contributed by atoms with E-state index in [1.165, 1.54) is 11.1 Å². The number of carbonyl (C=O) groups excluding carboxylic acids is 1. The Morgan fingerprint density at radius 1 is 1.29 bits per heavy atom. The fraction of sp³-hybridized carbons (Fsp3) is 0.500. The molecule has 1 aromatic rings. The second-order valence-electron chi connectivity index (χ2n) is 5.32. The number of hydrogen-bond donors (Lipinski definition) is 2. The van der Waals surface area contributed by atoms with Crippen molar-refractivity contribution in [3.8, 4) is 0 Å². The maximum Gasteiger partial charge on any atom is 0.314 e. The fourth-order valence-electron chi connectivity index (χ4n) is 1.62. The minimum Gasteiger partial charge on any atom is -0.341 e. The van der Waals surface area contributed by atoms with Gasteiger partial charge in [0.1, 0.15) is 0 Å². The smallest absolute Gasteiger partial charge is 0.314 e. The summed E-state index contributed by atoms with van der Waals surface area (Å²) in [5.74, 6) is 0. The summed E-state index contributed by atoms with van der Waals surface area (Å²) < 4.78 is 0. The molecule has 2 N–H and O–H groups in total. The van der Waals surface area contributed by atoms with Crippen LogP contribution in [0.1, 0.15) is 37.5 Å². The van der Waals surface area contributed by atoms with Gasteiger partial charge in [0.05, 0.1) is 0 Å². The van der Waals surface area contributed by atoms with Crippen molar-refractivity contribution in [3.05, 3.63) is 34.9 Å². The quantitative estimate of drug-likeness (QED) is 0.811. The molecule has 0 saturated carbocycles. The lowest BCUT2D eigenvalue weighted by molar-refractivity contribution is 0.242. The molecule has 0 spiro atoms. The van der Waals surface area contributed by atoms with Crippen molar-refractivity contribution in [2.75, 3.05) is 7.05 Å². The highest BCUT2D eigenvalue weighted by Crippen LogP contribution is 2.24. The van der Waals surface area contributed by atoms with E-state index in [-0.39, 0.29) is 11.4 Å². The van der Waals surface area contributed by atoms with Crippen LogP contribution >= 0.6 is 0 Å². The number of carbonyl (C=O) groups is 1.